The molecular weight excluding hydrogens is 815 g/mol. The maximum atomic E-state index is 13.8. The van der Waals surface area contributed by atoms with E-state index in [-0.39, 0.29) is 70.5 Å². The van der Waals surface area contributed by atoms with Crippen molar-refractivity contribution < 1.29 is 66.7 Å². The van der Waals surface area contributed by atoms with Gasteiger partial charge in [0.15, 0.2) is 0 Å². The molecule has 0 rings (SSSR count). The number of carbonyl (C=O) groups excluding carboxylic acids is 7. The minimum atomic E-state index is -2.37. The second-order valence-corrected chi connectivity index (χ2v) is 16.3. The van der Waals surface area contributed by atoms with E-state index in [4.69, 9.17) is 38.9 Å². The molecule has 0 aromatic rings. The summed E-state index contributed by atoms with van der Waals surface area (Å²) in [4.78, 5) is 89.0. The fraction of sp³-hybridized carbons (Fsp3) is 0.854. The van der Waals surface area contributed by atoms with E-state index in [0.29, 0.717) is 77.0 Å². The Bertz CT molecular complexity index is 1170. The summed E-state index contributed by atoms with van der Waals surface area (Å²) in [6.07, 6.45) is 19.5. The van der Waals surface area contributed by atoms with Crippen molar-refractivity contribution in [3.63, 3.8) is 0 Å². The molecule has 0 saturated carbocycles. The minimum absolute atomic E-state index is 0.0196. The first-order valence-electron chi connectivity index (χ1n) is 24.4. The van der Waals surface area contributed by atoms with E-state index in [1.807, 2.05) is 0 Å². The molecule has 15 heteroatoms. The molecule has 0 bridgehead atoms. The Morgan fingerprint density at radius 2 is 0.619 bits per heavy atom. The number of rotatable bonds is 44. The molecule has 0 radical (unpaired) electrons. The van der Waals surface area contributed by atoms with Gasteiger partial charge in [0.25, 0.3) is 0 Å². The molecule has 0 aromatic carbocycles. The predicted octanol–water partition coefficient (Wildman–Crippen LogP) is 9.25. The van der Waals surface area contributed by atoms with Crippen LogP contribution in [0.2, 0.25) is 0 Å². The largest absolute Gasteiger partial charge is 0.466 e. The van der Waals surface area contributed by atoms with Gasteiger partial charge in [0, 0.05) is 25.8 Å². The maximum Gasteiger partial charge on any atom is 0.351 e. The van der Waals surface area contributed by atoms with Crippen LogP contribution < -0.4 is 5.73 Å². The lowest BCUT2D eigenvalue weighted by molar-refractivity contribution is -0.191. The molecule has 0 fully saturated rings. The highest BCUT2D eigenvalue weighted by molar-refractivity contribution is 5.92. The van der Waals surface area contributed by atoms with E-state index in [1.165, 1.54) is 0 Å². The molecular formula is C48H85NO14. The first kappa shape index (κ1) is 59.2. The number of hydrogen-bond donors (Lipinski definition) is 1. The Kier molecular flexibility index (Phi) is 39.7. The normalized spacial score (nSPS) is 11.1. The minimum Gasteiger partial charge on any atom is -0.466 e. The molecule has 2 N–H and O–H groups in total. The zero-order chi connectivity index (χ0) is 46.7. The Hall–Kier alpha value is -3.75. The standard InChI is InChI=1S/C48H85NO14/c1-4-7-10-13-19-28-41(50)57-33-22-16-25-36-60-45(54)39-48(63-44(53)31-32-49,47(56)62-38-27-18-24-35-59-43(52)30-21-15-12-9-6-3)40-46(55)61-37-26-17-23-34-58-42(51)29-20-14-11-8-5-2/h4-40,49H2,1-3H3. The number of unbranched alkanes of at least 4 members (excludes halogenated alkanes) is 18. The van der Waals surface area contributed by atoms with E-state index in [1.54, 1.807) is 0 Å². The summed E-state index contributed by atoms with van der Waals surface area (Å²) in [5.74, 6) is -4.49. The van der Waals surface area contributed by atoms with Gasteiger partial charge in [0.1, 0.15) is 0 Å². The zero-order valence-corrected chi connectivity index (χ0v) is 39.5. The molecule has 0 amide bonds. The summed E-state index contributed by atoms with van der Waals surface area (Å²) >= 11 is 0. The Balaban J connectivity index is 5.25. The van der Waals surface area contributed by atoms with E-state index < -0.39 is 42.3 Å². The van der Waals surface area contributed by atoms with Crippen LogP contribution in [0.4, 0.5) is 0 Å². The Morgan fingerprint density at radius 3 is 0.937 bits per heavy atom. The van der Waals surface area contributed by atoms with Gasteiger partial charge in [0.2, 0.25) is 5.60 Å². The molecule has 0 heterocycles. The van der Waals surface area contributed by atoms with Crippen molar-refractivity contribution in [3.05, 3.63) is 0 Å². The Morgan fingerprint density at radius 1 is 0.333 bits per heavy atom. The topological polar surface area (TPSA) is 210 Å². The first-order chi connectivity index (χ1) is 30.5. The molecule has 63 heavy (non-hydrogen) atoms. The molecule has 0 aromatic heterocycles. The third kappa shape index (κ3) is 36.3. The van der Waals surface area contributed by atoms with Crippen LogP contribution in [0.25, 0.3) is 0 Å². The highest BCUT2D eigenvalue weighted by atomic mass is 16.6. The van der Waals surface area contributed by atoms with Crippen LogP contribution >= 0.6 is 0 Å². The number of hydrogen-bond acceptors (Lipinski definition) is 15. The van der Waals surface area contributed by atoms with Crippen molar-refractivity contribution in [2.45, 2.75) is 219 Å². The van der Waals surface area contributed by atoms with Gasteiger partial charge in [0.05, 0.1) is 58.9 Å². The molecule has 0 aliphatic rings. The number of esters is 7. The van der Waals surface area contributed by atoms with Crippen LogP contribution in [0.5, 0.6) is 0 Å². The van der Waals surface area contributed by atoms with Gasteiger partial charge >= 0.3 is 41.8 Å². The summed E-state index contributed by atoms with van der Waals surface area (Å²) in [6.45, 7) is 6.89. The summed E-state index contributed by atoms with van der Waals surface area (Å²) in [5.41, 5.74) is 3.20. The number of nitrogens with two attached hydrogens (primary N) is 1. The lowest BCUT2D eigenvalue weighted by atomic mass is 9.94. The van der Waals surface area contributed by atoms with Crippen LogP contribution in [-0.4, -0.2) is 93.6 Å². The molecule has 15 nitrogen and oxygen atoms in total. The number of carbonyl (C=O) groups is 7. The first-order valence-corrected chi connectivity index (χ1v) is 24.4. The quantitative estimate of drug-likeness (QED) is 0.0343. The monoisotopic (exact) mass is 900 g/mol. The van der Waals surface area contributed by atoms with Crippen molar-refractivity contribution in [2.75, 3.05) is 46.2 Å². The summed E-state index contributed by atoms with van der Waals surface area (Å²) in [7, 11) is 0. The molecule has 366 valence electrons. The Labute approximate surface area is 378 Å². The lowest BCUT2D eigenvalue weighted by Crippen LogP contribution is -2.49. The van der Waals surface area contributed by atoms with Gasteiger partial charge in [-0.05, 0) is 77.0 Å². The van der Waals surface area contributed by atoms with E-state index in [0.717, 1.165) is 96.3 Å². The molecule has 0 aliphatic heterocycles. The fourth-order valence-corrected chi connectivity index (χ4v) is 6.48. The molecule has 0 spiro atoms. The highest BCUT2D eigenvalue weighted by Gasteiger charge is 2.49. The average molecular weight is 900 g/mol. The predicted molar refractivity (Wildman–Crippen MR) is 239 cm³/mol. The van der Waals surface area contributed by atoms with E-state index in [2.05, 4.69) is 20.8 Å². The van der Waals surface area contributed by atoms with Gasteiger partial charge < -0.3 is 38.9 Å². The lowest BCUT2D eigenvalue weighted by Gasteiger charge is -2.30. The van der Waals surface area contributed by atoms with Crippen LogP contribution in [0.15, 0.2) is 0 Å². The van der Waals surface area contributed by atoms with Crippen LogP contribution in [0.1, 0.15) is 213 Å². The van der Waals surface area contributed by atoms with Crippen molar-refractivity contribution >= 4 is 41.8 Å². The van der Waals surface area contributed by atoms with E-state index >= 15 is 0 Å². The number of ether oxygens (including phenoxy) is 7. The third-order valence-electron chi connectivity index (χ3n) is 10.3. The highest BCUT2D eigenvalue weighted by Crippen LogP contribution is 2.27. The average Bonchev–Trinajstić information content (AvgIpc) is 3.25. The smallest absolute Gasteiger partial charge is 0.351 e. The summed E-state index contributed by atoms with van der Waals surface area (Å²) < 4.78 is 37.8. The van der Waals surface area contributed by atoms with Crippen molar-refractivity contribution in [2.24, 2.45) is 5.73 Å². The second-order valence-electron chi connectivity index (χ2n) is 16.3. The van der Waals surface area contributed by atoms with Gasteiger partial charge in [-0.3, -0.25) is 28.8 Å². The second kappa shape index (κ2) is 42.2. The van der Waals surface area contributed by atoms with E-state index in [9.17, 15) is 33.6 Å². The maximum absolute atomic E-state index is 13.8. The SMILES string of the molecule is CCCCCCCC(=O)OCCCCCOC(=O)CC(CC(=O)OCCCCCOC(=O)CCCCCCC)(OC(=O)CCN)C(=O)OCCCCCOC(=O)CCCCCCC. The van der Waals surface area contributed by atoms with Gasteiger partial charge in [-0.2, -0.15) is 0 Å². The van der Waals surface area contributed by atoms with Gasteiger partial charge in [-0.1, -0.05) is 97.8 Å². The molecule has 0 unspecified atom stereocenters. The van der Waals surface area contributed by atoms with Crippen LogP contribution in [-0.2, 0) is 66.7 Å². The molecule has 0 aliphatic carbocycles. The fourth-order valence-electron chi connectivity index (χ4n) is 6.48. The van der Waals surface area contributed by atoms with Crippen LogP contribution in [0, 0.1) is 0 Å². The summed E-state index contributed by atoms with van der Waals surface area (Å²) in [6, 6.07) is 0. The van der Waals surface area contributed by atoms with Crippen molar-refractivity contribution in [1.29, 1.82) is 0 Å². The van der Waals surface area contributed by atoms with Crippen molar-refractivity contribution in [1.82, 2.24) is 0 Å². The zero-order valence-electron chi connectivity index (χ0n) is 39.5. The summed E-state index contributed by atoms with van der Waals surface area (Å²) in [5, 5.41) is 0. The van der Waals surface area contributed by atoms with Gasteiger partial charge in [-0.25, -0.2) is 4.79 Å². The molecule has 0 atom stereocenters. The van der Waals surface area contributed by atoms with Gasteiger partial charge in [-0.15, -0.1) is 0 Å². The van der Waals surface area contributed by atoms with Crippen molar-refractivity contribution in [3.8, 4) is 0 Å². The van der Waals surface area contributed by atoms with Crippen LogP contribution in [0.3, 0.4) is 0 Å². The third-order valence-corrected chi connectivity index (χ3v) is 10.3. The molecule has 0 saturated heterocycles.